The zero-order chi connectivity index (χ0) is 21.2. The third kappa shape index (κ3) is 6.19. The number of allylic oxidation sites excluding steroid dienone is 1. The molecule has 3 aromatic carbocycles. The first-order chi connectivity index (χ1) is 14.7. The molecule has 0 nitrogen and oxygen atoms in total. The van der Waals surface area contributed by atoms with Crippen LogP contribution in [0.3, 0.4) is 0 Å². The molecule has 0 spiro atoms. The second kappa shape index (κ2) is 11.2. The highest BCUT2D eigenvalue weighted by Gasteiger charge is 2.06. The van der Waals surface area contributed by atoms with Crippen molar-refractivity contribution >= 4 is 0 Å². The Hall–Kier alpha value is -3.11. The van der Waals surface area contributed by atoms with E-state index in [9.17, 15) is 4.39 Å². The fraction of sp³-hybridized carbons (Fsp3) is 0.241. The highest BCUT2D eigenvalue weighted by atomic mass is 19.1. The SMILES string of the molecule is C=CCCCCc1ccc(C#Cc2ccc(-c3ccc(CCC)cc3F)cc2)cc1. The van der Waals surface area contributed by atoms with Gasteiger partial charge < -0.3 is 0 Å². The summed E-state index contributed by atoms with van der Waals surface area (Å²) < 4.78 is 14.4. The van der Waals surface area contributed by atoms with Gasteiger partial charge in [-0.25, -0.2) is 4.39 Å². The molecule has 0 saturated heterocycles. The van der Waals surface area contributed by atoms with Crippen molar-refractivity contribution < 1.29 is 4.39 Å². The molecule has 0 unspecified atom stereocenters. The van der Waals surface area contributed by atoms with Gasteiger partial charge in [0, 0.05) is 16.7 Å². The van der Waals surface area contributed by atoms with Gasteiger partial charge in [0.25, 0.3) is 0 Å². The molecular formula is C29H29F. The molecule has 0 amide bonds. The third-order valence-corrected chi connectivity index (χ3v) is 5.20. The van der Waals surface area contributed by atoms with Crippen LogP contribution >= 0.6 is 0 Å². The van der Waals surface area contributed by atoms with Gasteiger partial charge in [-0.1, -0.05) is 67.7 Å². The van der Waals surface area contributed by atoms with Crippen molar-refractivity contribution in [2.24, 2.45) is 0 Å². The average molecular weight is 397 g/mol. The normalized spacial score (nSPS) is 10.3. The maximum absolute atomic E-state index is 14.4. The summed E-state index contributed by atoms with van der Waals surface area (Å²) in [7, 11) is 0. The Morgan fingerprint density at radius 2 is 1.43 bits per heavy atom. The summed E-state index contributed by atoms with van der Waals surface area (Å²) in [6, 6.07) is 21.8. The summed E-state index contributed by atoms with van der Waals surface area (Å²) in [4.78, 5) is 0. The van der Waals surface area contributed by atoms with E-state index in [4.69, 9.17) is 0 Å². The molecule has 0 heterocycles. The highest BCUT2D eigenvalue weighted by Crippen LogP contribution is 2.24. The van der Waals surface area contributed by atoms with Crippen molar-refractivity contribution in [2.75, 3.05) is 0 Å². The lowest BCUT2D eigenvalue weighted by molar-refractivity contribution is 0.628. The van der Waals surface area contributed by atoms with Crippen molar-refractivity contribution in [3.63, 3.8) is 0 Å². The van der Waals surface area contributed by atoms with E-state index in [2.05, 4.69) is 49.6 Å². The summed E-state index contributed by atoms with van der Waals surface area (Å²) in [6.07, 6.45) is 8.45. The first-order valence-corrected chi connectivity index (χ1v) is 10.8. The van der Waals surface area contributed by atoms with Crippen LogP contribution in [-0.4, -0.2) is 0 Å². The van der Waals surface area contributed by atoms with Gasteiger partial charge in [0.15, 0.2) is 0 Å². The fourth-order valence-corrected chi connectivity index (χ4v) is 3.49. The van der Waals surface area contributed by atoms with E-state index in [1.807, 2.05) is 42.5 Å². The summed E-state index contributed by atoms with van der Waals surface area (Å²) in [6.45, 7) is 5.87. The largest absolute Gasteiger partial charge is 0.206 e. The van der Waals surface area contributed by atoms with Gasteiger partial charge in [-0.05, 0) is 79.1 Å². The third-order valence-electron chi connectivity index (χ3n) is 5.20. The molecule has 3 rings (SSSR count). The van der Waals surface area contributed by atoms with Crippen LogP contribution in [0.5, 0.6) is 0 Å². The monoisotopic (exact) mass is 396 g/mol. The molecule has 0 radical (unpaired) electrons. The Morgan fingerprint density at radius 1 is 0.800 bits per heavy atom. The number of hydrogen-bond donors (Lipinski definition) is 0. The Kier molecular flexibility index (Phi) is 8.04. The van der Waals surface area contributed by atoms with E-state index in [1.165, 1.54) is 18.4 Å². The van der Waals surface area contributed by atoms with Gasteiger partial charge >= 0.3 is 0 Å². The van der Waals surface area contributed by atoms with Gasteiger partial charge in [0.2, 0.25) is 0 Å². The fourth-order valence-electron chi connectivity index (χ4n) is 3.49. The molecule has 30 heavy (non-hydrogen) atoms. The highest BCUT2D eigenvalue weighted by molar-refractivity contribution is 5.65. The van der Waals surface area contributed by atoms with Crippen LogP contribution in [0.15, 0.2) is 79.4 Å². The maximum atomic E-state index is 14.4. The van der Waals surface area contributed by atoms with Crippen LogP contribution in [0, 0.1) is 17.7 Å². The summed E-state index contributed by atoms with van der Waals surface area (Å²) in [5.74, 6) is 6.26. The summed E-state index contributed by atoms with van der Waals surface area (Å²) in [5, 5.41) is 0. The minimum Gasteiger partial charge on any atom is -0.206 e. The first-order valence-electron chi connectivity index (χ1n) is 10.8. The van der Waals surface area contributed by atoms with Crippen molar-refractivity contribution in [1.82, 2.24) is 0 Å². The molecular weight excluding hydrogens is 367 g/mol. The van der Waals surface area contributed by atoms with E-state index >= 15 is 0 Å². The van der Waals surface area contributed by atoms with Crippen molar-refractivity contribution in [1.29, 1.82) is 0 Å². The van der Waals surface area contributed by atoms with E-state index in [0.717, 1.165) is 47.9 Å². The van der Waals surface area contributed by atoms with E-state index in [1.54, 1.807) is 6.07 Å². The number of aryl methyl sites for hydroxylation is 2. The Labute approximate surface area is 180 Å². The quantitative estimate of drug-likeness (QED) is 0.207. The number of halogens is 1. The molecule has 0 aliphatic rings. The van der Waals surface area contributed by atoms with Crippen LogP contribution in [-0.2, 0) is 12.8 Å². The summed E-state index contributed by atoms with van der Waals surface area (Å²) >= 11 is 0. The molecule has 0 aliphatic carbocycles. The molecule has 0 N–H and O–H groups in total. The summed E-state index contributed by atoms with van der Waals surface area (Å²) in [5.41, 5.74) is 5.84. The number of unbranched alkanes of at least 4 members (excludes halogenated alkanes) is 2. The Balaban J connectivity index is 1.64. The van der Waals surface area contributed by atoms with E-state index in [0.29, 0.717) is 5.56 Å². The predicted molar refractivity (Wildman–Crippen MR) is 126 cm³/mol. The van der Waals surface area contributed by atoms with Gasteiger partial charge in [-0.3, -0.25) is 0 Å². The topological polar surface area (TPSA) is 0 Å². The van der Waals surface area contributed by atoms with Gasteiger partial charge in [-0.15, -0.1) is 6.58 Å². The number of benzene rings is 3. The molecule has 152 valence electrons. The lowest BCUT2D eigenvalue weighted by Gasteiger charge is -2.06. The second-order valence-electron chi connectivity index (χ2n) is 7.62. The minimum atomic E-state index is -0.163. The first kappa shape index (κ1) is 21.6. The smallest absolute Gasteiger partial charge is 0.131 e. The average Bonchev–Trinajstić information content (AvgIpc) is 2.77. The molecule has 3 aromatic rings. The number of rotatable bonds is 8. The lowest BCUT2D eigenvalue weighted by atomic mass is 10.0. The number of hydrogen-bond acceptors (Lipinski definition) is 0. The molecule has 0 fully saturated rings. The van der Waals surface area contributed by atoms with Crippen LogP contribution in [0.2, 0.25) is 0 Å². The van der Waals surface area contributed by atoms with Gasteiger partial charge in [0.1, 0.15) is 5.82 Å². The van der Waals surface area contributed by atoms with Crippen LogP contribution < -0.4 is 0 Å². The molecule has 0 atom stereocenters. The van der Waals surface area contributed by atoms with Gasteiger partial charge in [-0.2, -0.15) is 0 Å². The van der Waals surface area contributed by atoms with Crippen molar-refractivity contribution in [3.8, 4) is 23.0 Å². The standard InChI is InChI=1S/C29H29F/c1-3-5-6-7-9-23-10-12-24(13-11-23)14-15-25-16-19-27(20-17-25)28-21-18-26(8-4-2)22-29(28)30/h3,10-13,16-22H,1,4-9H2,2H3. The second-order valence-corrected chi connectivity index (χ2v) is 7.62. The van der Waals surface area contributed by atoms with Crippen LogP contribution in [0.1, 0.15) is 54.9 Å². The Bertz CT molecular complexity index is 1010. The van der Waals surface area contributed by atoms with E-state index in [-0.39, 0.29) is 5.82 Å². The molecule has 0 bridgehead atoms. The molecule has 0 aliphatic heterocycles. The Morgan fingerprint density at radius 3 is 2.03 bits per heavy atom. The zero-order valence-electron chi connectivity index (χ0n) is 17.8. The van der Waals surface area contributed by atoms with Crippen molar-refractivity contribution in [3.05, 3.63) is 107 Å². The lowest BCUT2D eigenvalue weighted by Crippen LogP contribution is -1.89. The van der Waals surface area contributed by atoms with Gasteiger partial charge in [0.05, 0.1) is 0 Å². The molecule has 1 heteroatoms. The van der Waals surface area contributed by atoms with Crippen LogP contribution in [0.4, 0.5) is 4.39 Å². The zero-order valence-corrected chi connectivity index (χ0v) is 17.8. The van der Waals surface area contributed by atoms with Crippen molar-refractivity contribution in [2.45, 2.75) is 45.4 Å². The molecule has 0 aromatic heterocycles. The predicted octanol–water partition coefficient (Wildman–Crippen LogP) is 7.74. The van der Waals surface area contributed by atoms with Crippen LogP contribution in [0.25, 0.3) is 11.1 Å². The van der Waals surface area contributed by atoms with E-state index < -0.39 is 0 Å². The maximum Gasteiger partial charge on any atom is 0.131 e. The minimum absolute atomic E-state index is 0.163. The molecule has 0 saturated carbocycles.